The van der Waals surface area contributed by atoms with Crippen LogP contribution in [0.25, 0.3) is 5.76 Å². The first-order chi connectivity index (χ1) is 11.5. The number of pyridine rings is 1. The molecule has 0 fully saturated rings. The first-order valence-corrected chi connectivity index (χ1v) is 7.06. The maximum absolute atomic E-state index is 11.7. The maximum atomic E-state index is 11.7. The van der Waals surface area contributed by atoms with Gasteiger partial charge in [-0.2, -0.15) is 0 Å². The molecule has 0 saturated heterocycles. The fraction of sp³-hybridized carbons (Fsp3) is 0. The lowest BCUT2D eigenvalue weighted by molar-refractivity contribution is -0.135. The molecule has 0 aliphatic rings. The summed E-state index contributed by atoms with van der Waals surface area (Å²) >= 11 is 5.72. The van der Waals surface area contributed by atoms with E-state index in [0.29, 0.717) is 10.6 Å². The van der Waals surface area contributed by atoms with Crippen LogP contribution in [0.3, 0.4) is 0 Å². The van der Waals surface area contributed by atoms with Crippen LogP contribution in [0.1, 0.15) is 15.9 Å². The summed E-state index contributed by atoms with van der Waals surface area (Å²) in [6.45, 7) is 0. The fourth-order valence-electron chi connectivity index (χ4n) is 1.64. The summed E-state index contributed by atoms with van der Waals surface area (Å²) in [6, 6.07) is 8.92. The number of aliphatic hydroxyl groups is 1. The summed E-state index contributed by atoms with van der Waals surface area (Å²) in [5, 5.41) is 10.3. The normalized spacial score (nSPS) is 10.8. The van der Waals surface area contributed by atoms with E-state index < -0.39 is 23.4 Å². The molecule has 0 radical (unpaired) electrons. The van der Waals surface area contributed by atoms with E-state index in [1.54, 1.807) is 0 Å². The second kappa shape index (κ2) is 7.89. The Morgan fingerprint density at radius 3 is 2.21 bits per heavy atom. The van der Waals surface area contributed by atoms with Crippen molar-refractivity contribution in [2.75, 3.05) is 0 Å². The number of hydrazine groups is 1. The fourth-order valence-corrected chi connectivity index (χ4v) is 1.77. The van der Waals surface area contributed by atoms with E-state index in [1.165, 1.54) is 48.8 Å². The Morgan fingerprint density at radius 2 is 1.58 bits per heavy atom. The van der Waals surface area contributed by atoms with Crippen molar-refractivity contribution < 1.29 is 19.5 Å². The second-order valence-electron chi connectivity index (χ2n) is 4.54. The lowest BCUT2D eigenvalue weighted by atomic mass is 10.1. The van der Waals surface area contributed by atoms with Crippen molar-refractivity contribution in [3.8, 4) is 0 Å². The van der Waals surface area contributed by atoms with E-state index >= 15 is 0 Å². The van der Waals surface area contributed by atoms with E-state index in [9.17, 15) is 19.5 Å². The third-order valence-corrected chi connectivity index (χ3v) is 3.12. The van der Waals surface area contributed by atoms with Gasteiger partial charge in [0, 0.05) is 34.6 Å². The molecule has 1 aromatic heterocycles. The number of halogens is 1. The number of aliphatic hydroxyl groups excluding tert-OH is 1. The number of hydrogen-bond acceptors (Lipinski definition) is 5. The molecule has 0 bridgehead atoms. The maximum Gasteiger partial charge on any atom is 0.310 e. The van der Waals surface area contributed by atoms with Gasteiger partial charge in [-0.1, -0.05) is 11.6 Å². The predicted molar refractivity (Wildman–Crippen MR) is 86.9 cm³/mol. The van der Waals surface area contributed by atoms with Crippen molar-refractivity contribution in [3.05, 3.63) is 71.0 Å². The van der Waals surface area contributed by atoms with Gasteiger partial charge in [0.2, 0.25) is 5.78 Å². The number of hydrogen-bond donors (Lipinski definition) is 3. The van der Waals surface area contributed by atoms with Gasteiger partial charge in [-0.25, -0.2) is 0 Å². The topological polar surface area (TPSA) is 108 Å². The van der Waals surface area contributed by atoms with E-state index in [4.69, 9.17) is 11.6 Å². The van der Waals surface area contributed by atoms with E-state index in [-0.39, 0.29) is 5.56 Å². The van der Waals surface area contributed by atoms with Crippen LogP contribution in [0.4, 0.5) is 0 Å². The molecular formula is C16H12ClN3O4. The number of carbonyl (C=O) groups excluding carboxylic acids is 3. The minimum absolute atomic E-state index is 0.261. The first-order valence-electron chi connectivity index (χ1n) is 6.68. The molecule has 3 N–H and O–H groups in total. The third kappa shape index (κ3) is 4.65. The molecule has 1 aromatic carbocycles. The average molecular weight is 346 g/mol. The Labute approximate surface area is 141 Å². The van der Waals surface area contributed by atoms with Crippen molar-refractivity contribution in [1.29, 1.82) is 0 Å². The van der Waals surface area contributed by atoms with Crippen LogP contribution in [0.15, 0.2) is 54.9 Å². The van der Waals surface area contributed by atoms with Gasteiger partial charge < -0.3 is 5.11 Å². The third-order valence-electron chi connectivity index (χ3n) is 2.86. The quantitative estimate of drug-likeness (QED) is 0.338. The van der Waals surface area contributed by atoms with Crippen molar-refractivity contribution in [3.63, 3.8) is 0 Å². The van der Waals surface area contributed by atoms with Gasteiger partial charge in [0.15, 0.2) is 0 Å². The summed E-state index contributed by atoms with van der Waals surface area (Å²) in [4.78, 5) is 38.8. The van der Waals surface area contributed by atoms with Crippen LogP contribution >= 0.6 is 11.6 Å². The Morgan fingerprint density at radius 1 is 0.958 bits per heavy atom. The number of rotatable bonds is 4. The first kappa shape index (κ1) is 17.2. The number of ketones is 1. The SMILES string of the molecule is O=C(/C=C(\O)c1ccc(Cl)cc1)C(=O)NNC(=O)c1ccncc1. The highest BCUT2D eigenvalue weighted by atomic mass is 35.5. The van der Waals surface area contributed by atoms with Gasteiger partial charge in [0.05, 0.1) is 0 Å². The number of aromatic nitrogens is 1. The molecule has 2 aromatic rings. The molecule has 122 valence electrons. The zero-order chi connectivity index (χ0) is 17.5. The molecule has 0 aliphatic heterocycles. The Bertz CT molecular complexity index is 789. The molecule has 0 saturated carbocycles. The standard InChI is InChI=1S/C16H12ClN3O4/c17-12-3-1-10(2-4-12)13(21)9-14(22)16(24)20-19-15(23)11-5-7-18-8-6-11/h1-9,21H,(H,19,23)(H,20,24)/b13-9-. The van der Waals surface area contributed by atoms with Crippen molar-refractivity contribution in [2.45, 2.75) is 0 Å². The van der Waals surface area contributed by atoms with E-state index in [0.717, 1.165) is 6.08 Å². The molecule has 24 heavy (non-hydrogen) atoms. The molecule has 1 heterocycles. The van der Waals surface area contributed by atoms with Crippen LogP contribution in [-0.4, -0.2) is 27.7 Å². The number of nitrogens with zero attached hydrogens (tertiary/aromatic N) is 1. The largest absolute Gasteiger partial charge is 0.507 e. The predicted octanol–water partition coefficient (Wildman–Crippen LogP) is 1.66. The highest BCUT2D eigenvalue weighted by Crippen LogP contribution is 2.15. The molecule has 0 unspecified atom stereocenters. The number of benzene rings is 1. The van der Waals surface area contributed by atoms with Crippen LogP contribution < -0.4 is 10.9 Å². The van der Waals surface area contributed by atoms with Gasteiger partial charge in [-0.3, -0.25) is 30.2 Å². The molecule has 8 heteroatoms. The monoisotopic (exact) mass is 345 g/mol. The molecule has 2 rings (SSSR count). The molecule has 0 aliphatic carbocycles. The minimum Gasteiger partial charge on any atom is -0.507 e. The van der Waals surface area contributed by atoms with Gasteiger partial charge in [0.1, 0.15) is 5.76 Å². The van der Waals surface area contributed by atoms with Crippen molar-refractivity contribution in [1.82, 2.24) is 15.8 Å². The Hall–Kier alpha value is -3.19. The smallest absolute Gasteiger partial charge is 0.310 e. The number of amides is 2. The van der Waals surface area contributed by atoms with Crippen molar-refractivity contribution in [2.24, 2.45) is 0 Å². The zero-order valence-corrected chi connectivity index (χ0v) is 12.9. The summed E-state index contributed by atoms with van der Waals surface area (Å²) in [5.74, 6) is -3.13. The summed E-state index contributed by atoms with van der Waals surface area (Å²) in [5.41, 5.74) is 4.63. The average Bonchev–Trinajstić information content (AvgIpc) is 2.60. The lowest BCUT2D eigenvalue weighted by Gasteiger charge is -2.05. The van der Waals surface area contributed by atoms with Crippen LogP contribution in [0, 0.1) is 0 Å². The minimum atomic E-state index is -1.10. The van der Waals surface area contributed by atoms with Crippen molar-refractivity contribution >= 4 is 35.0 Å². The van der Waals surface area contributed by atoms with Gasteiger partial charge in [0.25, 0.3) is 5.91 Å². The Balaban J connectivity index is 1.94. The number of nitrogens with one attached hydrogen (secondary N) is 2. The molecule has 0 atom stereocenters. The highest BCUT2D eigenvalue weighted by molar-refractivity contribution is 6.41. The lowest BCUT2D eigenvalue weighted by Crippen LogP contribution is -2.44. The molecule has 0 spiro atoms. The van der Waals surface area contributed by atoms with Crippen LogP contribution in [0.5, 0.6) is 0 Å². The van der Waals surface area contributed by atoms with Crippen LogP contribution in [-0.2, 0) is 9.59 Å². The van der Waals surface area contributed by atoms with E-state index in [2.05, 4.69) is 10.4 Å². The molecule has 2 amide bonds. The van der Waals surface area contributed by atoms with Crippen LogP contribution in [0.2, 0.25) is 5.02 Å². The molecule has 7 nitrogen and oxygen atoms in total. The number of carbonyl (C=O) groups is 3. The van der Waals surface area contributed by atoms with E-state index in [1.807, 2.05) is 5.43 Å². The van der Waals surface area contributed by atoms with Gasteiger partial charge in [-0.15, -0.1) is 0 Å². The van der Waals surface area contributed by atoms with Gasteiger partial charge >= 0.3 is 5.91 Å². The Kier molecular flexibility index (Phi) is 5.64. The summed E-state index contributed by atoms with van der Waals surface area (Å²) in [6.07, 6.45) is 3.57. The zero-order valence-electron chi connectivity index (χ0n) is 12.2. The summed E-state index contributed by atoms with van der Waals surface area (Å²) in [7, 11) is 0. The van der Waals surface area contributed by atoms with Gasteiger partial charge in [-0.05, 0) is 36.4 Å². The second-order valence-corrected chi connectivity index (χ2v) is 4.98. The highest BCUT2D eigenvalue weighted by Gasteiger charge is 2.14. The summed E-state index contributed by atoms with van der Waals surface area (Å²) < 4.78 is 0. The molecular weight excluding hydrogens is 334 g/mol.